The Bertz CT molecular complexity index is 2490. The standard InChI is InChI=1S/C58H64O10/c1-3-5-7-9-11-13-15-17-39-63-49-28-22-44(23-29-49)55(59)65-51-32-26-46(27-33-51)57(61)68-54-34-21-43-19-20-47(41-48(43)42-54)58(62)67-53-37-35-52(36-38-53)66-56(60)45-24-30-50(31-25-45)64-40-18-16-14-12-10-8-6-4-2/h19-38,41-42H,3-18,39-40H2,1-2H3. The lowest BCUT2D eigenvalue weighted by Crippen LogP contribution is -2.10. The van der Waals surface area contributed by atoms with E-state index in [-0.39, 0.29) is 28.4 Å². The van der Waals surface area contributed by atoms with Crippen molar-refractivity contribution in [3.05, 3.63) is 156 Å². The molecular weight excluding hydrogens is 857 g/mol. The van der Waals surface area contributed by atoms with Crippen LogP contribution in [0.5, 0.6) is 34.5 Å². The van der Waals surface area contributed by atoms with Gasteiger partial charge in [0.25, 0.3) is 0 Å². The molecule has 0 N–H and O–H groups in total. The predicted octanol–water partition coefficient (Wildman–Crippen LogP) is 14.8. The number of benzene rings is 6. The molecule has 356 valence electrons. The van der Waals surface area contributed by atoms with E-state index < -0.39 is 23.9 Å². The number of rotatable bonds is 28. The van der Waals surface area contributed by atoms with E-state index in [0.29, 0.717) is 47.0 Å². The Morgan fingerprint density at radius 2 is 0.588 bits per heavy atom. The molecule has 0 fully saturated rings. The quantitative estimate of drug-likeness (QED) is 0.0267. The van der Waals surface area contributed by atoms with Crippen LogP contribution in [0, 0.1) is 0 Å². The molecule has 0 aliphatic rings. The van der Waals surface area contributed by atoms with Crippen molar-refractivity contribution < 1.29 is 47.6 Å². The number of hydrogen-bond donors (Lipinski definition) is 0. The highest BCUT2D eigenvalue weighted by molar-refractivity contribution is 5.98. The zero-order valence-corrected chi connectivity index (χ0v) is 39.5. The van der Waals surface area contributed by atoms with Crippen molar-refractivity contribution in [3.8, 4) is 34.5 Å². The van der Waals surface area contributed by atoms with Gasteiger partial charge in [0.1, 0.15) is 34.5 Å². The monoisotopic (exact) mass is 920 g/mol. The number of esters is 4. The van der Waals surface area contributed by atoms with E-state index in [0.717, 1.165) is 31.1 Å². The minimum atomic E-state index is -0.610. The molecule has 0 aliphatic carbocycles. The fourth-order valence-electron chi connectivity index (χ4n) is 7.54. The normalized spacial score (nSPS) is 10.9. The smallest absolute Gasteiger partial charge is 0.343 e. The highest BCUT2D eigenvalue weighted by Crippen LogP contribution is 2.26. The number of fused-ring (bicyclic) bond motifs is 1. The molecule has 10 heteroatoms. The molecular formula is C58H64O10. The SMILES string of the molecule is CCCCCCCCCCOc1ccc(C(=O)Oc2ccc(OC(=O)c3ccc4ccc(OC(=O)c5ccc(OC(=O)c6ccc(OCCCCCCCCCC)cc6)cc5)cc4c3)cc2)cc1. The maximum absolute atomic E-state index is 13.2. The van der Waals surface area contributed by atoms with Gasteiger partial charge >= 0.3 is 23.9 Å². The maximum atomic E-state index is 13.2. The lowest BCUT2D eigenvalue weighted by molar-refractivity contribution is 0.0719. The molecule has 0 saturated carbocycles. The Morgan fingerprint density at radius 3 is 1.00 bits per heavy atom. The molecule has 0 amide bonds. The second-order valence-corrected chi connectivity index (χ2v) is 17.0. The van der Waals surface area contributed by atoms with E-state index in [1.807, 2.05) is 0 Å². The zero-order valence-electron chi connectivity index (χ0n) is 39.5. The van der Waals surface area contributed by atoms with Crippen molar-refractivity contribution in [3.63, 3.8) is 0 Å². The Kier molecular flexibility index (Phi) is 20.5. The van der Waals surface area contributed by atoms with E-state index in [9.17, 15) is 19.2 Å². The Balaban J connectivity index is 0.917. The van der Waals surface area contributed by atoms with Crippen molar-refractivity contribution in [2.75, 3.05) is 13.2 Å². The third kappa shape index (κ3) is 16.7. The molecule has 0 heterocycles. The first-order chi connectivity index (χ1) is 33.3. The largest absolute Gasteiger partial charge is 0.494 e. The second-order valence-electron chi connectivity index (χ2n) is 17.0. The van der Waals surface area contributed by atoms with Gasteiger partial charge in [-0.2, -0.15) is 0 Å². The van der Waals surface area contributed by atoms with Crippen LogP contribution >= 0.6 is 0 Å². The van der Waals surface area contributed by atoms with Gasteiger partial charge in [0.05, 0.1) is 35.5 Å². The molecule has 0 atom stereocenters. The number of ether oxygens (including phenoxy) is 6. The van der Waals surface area contributed by atoms with Crippen LogP contribution in [0.4, 0.5) is 0 Å². The van der Waals surface area contributed by atoms with Gasteiger partial charge < -0.3 is 28.4 Å². The Morgan fingerprint density at radius 1 is 0.294 bits per heavy atom. The van der Waals surface area contributed by atoms with Crippen LogP contribution in [0.1, 0.15) is 158 Å². The van der Waals surface area contributed by atoms with E-state index >= 15 is 0 Å². The summed E-state index contributed by atoms with van der Waals surface area (Å²) in [5.41, 5.74) is 1.30. The van der Waals surface area contributed by atoms with Crippen molar-refractivity contribution in [1.29, 1.82) is 0 Å². The van der Waals surface area contributed by atoms with Gasteiger partial charge in [-0.3, -0.25) is 0 Å². The van der Waals surface area contributed by atoms with Crippen LogP contribution in [0.25, 0.3) is 10.8 Å². The average molecular weight is 921 g/mol. The van der Waals surface area contributed by atoms with Gasteiger partial charge in [0.2, 0.25) is 0 Å². The van der Waals surface area contributed by atoms with Crippen LogP contribution in [0.15, 0.2) is 133 Å². The van der Waals surface area contributed by atoms with Crippen LogP contribution in [-0.2, 0) is 0 Å². The molecule has 0 radical (unpaired) electrons. The average Bonchev–Trinajstić information content (AvgIpc) is 3.36. The molecule has 0 bridgehead atoms. The molecule has 0 saturated heterocycles. The first-order valence-corrected chi connectivity index (χ1v) is 24.4. The van der Waals surface area contributed by atoms with Crippen molar-refractivity contribution >= 4 is 34.6 Å². The number of carbonyl (C=O) groups excluding carboxylic acids is 4. The fourth-order valence-corrected chi connectivity index (χ4v) is 7.54. The van der Waals surface area contributed by atoms with E-state index in [1.54, 1.807) is 109 Å². The molecule has 10 nitrogen and oxygen atoms in total. The lowest BCUT2D eigenvalue weighted by atomic mass is 10.1. The molecule has 6 rings (SSSR count). The Labute approximate surface area is 400 Å². The van der Waals surface area contributed by atoms with Crippen molar-refractivity contribution in [1.82, 2.24) is 0 Å². The van der Waals surface area contributed by atoms with E-state index in [2.05, 4.69) is 13.8 Å². The first kappa shape index (κ1) is 50.5. The van der Waals surface area contributed by atoms with Crippen LogP contribution in [0.2, 0.25) is 0 Å². The van der Waals surface area contributed by atoms with Crippen LogP contribution in [-0.4, -0.2) is 37.1 Å². The summed E-state index contributed by atoms with van der Waals surface area (Å²) in [7, 11) is 0. The number of hydrogen-bond acceptors (Lipinski definition) is 10. The third-order valence-corrected chi connectivity index (χ3v) is 11.5. The molecule has 6 aromatic rings. The molecule has 0 spiro atoms. The molecule has 0 unspecified atom stereocenters. The minimum absolute atomic E-state index is 0.254. The van der Waals surface area contributed by atoms with Gasteiger partial charge in [0, 0.05) is 0 Å². The van der Waals surface area contributed by atoms with Crippen molar-refractivity contribution in [2.24, 2.45) is 0 Å². The summed E-state index contributed by atoms with van der Waals surface area (Å²) in [5.74, 6) is 0.267. The van der Waals surface area contributed by atoms with Crippen LogP contribution in [0.3, 0.4) is 0 Å². The summed E-state index contributed by atoms with van der Waals surface area (Å²) in [6, 6.07) is 36.2. The highest BCUT2D eigenvalue weighted by Gasteiger charge is 2.15. The topological polar surface area (TPSA) is 124 Å². The van der Waals surface area contributed by atoms with E-state index in [1.165, 1.54) is 101 Å². The zero-order chi connectivity index (χ0) is 47.8. The number of carbonyl (C=O) groups is 4. The summed E-state index contributed by atoms with van der Waals surface area (Å²) in [6.07, 6.45) is 19.7. The van der Waals surface area contributed by atoms with Gasteiger partial charge in [-0.05, 0) is 145 Å². The van der Waals surface area contributed by atoms with Gasteiger partial charge in [-0.1, -0.05) is 116 Å². The van der Waals surface area contributed by atoms with Gasteiger partial charge in [-0.15, -0.1) is 0 Å². The third-order valence-electron chi connectivity index (χ3n) is 11.5. The van der Waals surface area contributed by atoms with Crippen LogP contribution < -0.4 is 28.4 Å². The molecule has 0 aliphatic heterocycles. The molecule has 68 heavy (non-hydrogen) atoms. The Hall–Kier alpha value is -6.94. The van der Waals surface area contributed by atoms with Gasteiger partial charge in [0.15, 0.2) is 0 Å². The summed E-state index contributed by atoms with van der Waals surface area (Å²) >= 11 is 0. The summed E-state index contributed by atoms with van der Waals surface area (Å²) < 4.78 is 34.1. The van der Waals surface area contributed by atoms with E-state index in [4.69, 9.17) is 28.4 Å². The van der Waals surface area contributed by atoms with Gasteiger partial charge in [-0.25, -0.2) is 19.2 Å². The molecule has 0 aromatic heterocycles. The second kappa shape index (κ2) is 27.6. The fraction of sp³-hybridized carbons (Fsp3) is 0.345. The highest BCUT2D eigenvalue weighted by atomic mass is 16.5. The molecule has 6 aromatic carbocycles. The summed E-state index contributed by atoms with van der Waals surface area (Å²) in [4.78, 5) is 51.9. The summed E-state index contributed by atoms with van der Waals surface area (Å²) in [6.45, 7) is 5.74. The minimum Gasteiger partial charge on any atom is -0.494 e. The lowest BCUT2D eigenvalue weighted by Gasteiger charge is -2.09. The first-order valence-electron chi connectivity index (χ1n) is 24.4. The van der Waals surface area contributed by atoms with Crippen molar-refractivity contribution in [2.45, 2.75) is 117 Å². The summed E-state index contributed by atoms with van der Waals surface area (Å²) in [5, 5.41) is 1.47. The number of unbranched alkanes of at least 4 members (excludes halogenated alkanes) is 14. The maximum Gasteiger partial charge on any atom is 0.343 e. The predicted molar refractivity (Wildman–Crippen MR) is 266 cm³/mol.